The van der Waals surface area contributed by atoms with Gasteiger partial charge in [-0.3, -0.25) is 0 Å². The molecule has 0 saturated heterocycles. The van der Waals surface area contributed by atoms with Crippen LogP contribution < -0.4 is 24.8 Å². The molecular weight excluding hydrogens is 521 g/mol. The van der Waals surface area contributed by atoms with Gasteiger partial charge in [0.25, 0.3) is 0 Å². The van der Waals surface area contributed by atoms with E-state index in [1.54, 1.807) is 25.1 Å². The summed E-state index contributed by atoms with van der Waals surface area (Å²) in [6.07, 6.45) is 1.65. The van der Waals surface area contributed by atoms with E-state index in [9.17, 15) is 17.2 Å². The van der Waals surface area contributed by atoms with Gasteiger partial charge in [0.05, 0.1) is 19.4 Å². The van der Waals surface area contributed by atoms with E-state index in [1.807, 2.05) is 6.92 Å². The Labute approximate surface area is 187 Å². The molecule has 0 heterocycles. The van der Waals surface area contributed by atoms with Crippen LogP contribution in [0.5, 0.6) is 11.5 Å². The van der Waals surface area contributed by atoms with Crippen LogP contribution in [-0.4, -0.2) is 53.5 Å². The van der Waals surface area contributed by atoms with E-state index < -0.39 is 16.6 Å². The van der Waals surface area contributed by atoms with Gasteiger partial charge in [-0.05, 0) is 26.3 Å². The summed E-state index contributed by atoms with van der Waals surface area (Å²) in [5, 5.41) is 6.10. The first-order chi connectivity index (χ1) is 13.3. The van der Waals surface area contributed by atoms with Gasteiger partial charge in [-0.1, -0.05) is 12.1 Å². The van der Waals surface area contributed by atoms with Crippen LogP contribution in [0.25, 0.3) is 0 Å². The van der Waals surface area contributed by atoms with Crippen LogP contribution in [-0.2, 0) is 16.6 Å². The number of nitrogens with zero attached hydrogens (tertiary/aromatic N) is 1. The molecule has 0 saturated carbocycles. The molecule has 0 spiro atoms. The maximum absolute atomic E-state index is 12.8. The van der Waals surface area contributed by atoms with Crippen molar-refractivity contribution >= 4 is 40.0 Å². The first-order valence-corrected chi connectivity index (χ1v) is 10.8. The smallest absolute Gasteiger partial charge is 0.387 e. The fraction of sp³-hybridized carbons (Fsp3) is 0.588. The molecule has 0 aliphatic carbocycles. The molecule has 1 aromatic carbocycles. The topological polar surface area (TPSA) is 101 Å². The first-order valence-electron chi connectivity index (χ1n) is 8.93. The van der Waals surface area contributed by atoms with E-state index >= 15 is 0 Å². The van der Waals surface area contributed by atoms with E-state index in [2.05, 4.69) is 25.1 Å². The Balaban J connectivity index is 0.00000784. The second-order valence-corrected chi connectivity index (χ2v) is 7.53. The average molecular weight is 550 g/mol. The zero-order valence-electron chi connectivity index (χ0n) is 16.7. The second-order valence-electron chi connectivity index (χ2n) is 5.70. The normalized spacial score (nSPS) is 11.7. The zero-order chi connectivity index (χ0) is 21.0. The van der Waals surface area contributed by atoms with Gasteiger partial charge in [-0.2, -0.15) is 8.78 Å². The van der Waals surface area contributed by atoms with Gasteiger partial charge >= 0.3 is 6.61 Å². The van der Waals surface area contributed by atoms with Crippen molar-refractivity contribution in [2.45, 2.75) is 33.4 Å². The quantitative estimate of drug-likeness (QED) is 0.160. The van der Waals surface area contributed by atoms with Crippen molar-refractivity contribution in [2.75, 3.05) is 32.5 Å². The van der Waals surface area contributed by atoms with E-state index in [4.69, 9.17) is 4.74 Å². The Kier molecular flexibility index (Phi) is 13.8. The third-order valence-electron chi connectivity index (χ3n) is 3.33. The number of nitrogens with one attached hydrogen (secondary N) is 3. The number of para-hydroxylation sites is 1. The van der Waals surface area contributed by atoms with Gasteiger partial charge in [0.15, 0.2) is 17.5 Å². The summed E-state index contributed by atoms with van der Waals surface area (Å²) in [6.45, 7) is 2.47. The van der Waals surface area contributed by atoms with Crippen LogP contribution in [0, 0.1) is 0 Å². The summed E-state index contributed by atoms with van der Waals surface area (Å²) in [5.74, 6) is 0.684. The lowest BCUT2D eigenvalue weighted by atomic mass is 10.2. The second kappa shape index (κ2) is 14.6. The van der Waals surface area contributed by atoms with Crippen molar-refractivity contribution in [1.29, 1.82) is 0 Å². The minimum Gasteiger partial charge on any atom is -0.490 e. The van der Waals surface area contributed by atoms with Gasteiger partial charge in [-0.15, -0.1) is 24.0 Å². The number of ether oxygens (including phenoxy) is 2. The number of halogens is 3. The summed E-state index contributed by atoms with van der Waals surface area (Å²) in [7, 11) is -3.22. The van der Waals surface area contributed by atoms with Gasteiger partial charge < -0.3 is 20.1 Å². The SMILES string of the molecule is CCNC(=NCc1cccc(OCC)c1OC(F)F)NCCCNS(C)(=O)=O.I. The minimum absolute atomic E-state index is 0. The Morgan fingerprint density at radius 3 is 2.52 bits per heavy atom. The molecule has 0 fully saturated rings. The molecule has 0 radical (unpaired) electrons. The summed E-state index contributed by atoms with van der Waals surface area (Å²) < 4.78 is 60.0. The van der Waals surface area contributed by atoms with Crippen LogP contribution in [0.3, 0.4) is 0 Å². The molecule has 0 aromatic heterocycles. The van der Waals surface area contributed by atoms with Crippen LogP contribution in [0.2, 0.25) is 0 Å². The third kappa shape index (κ3) is 12.0. The van der Waals surface area contributed by atoms with Crippen LogP contribution in [0.1, 0.15) is 25.8 Å². The Hall–Kier alpha value is -1.41. The molecule has 1 rings (SSSR count). The third-order valence-corrected chi connectivity index (χ3v) is 4.06. The van der Waals surface area contributed by atoms with Crippen molar-refractivity contribution in [3.8, 4) is 11.5 Å². The monoisotopic (exact) mass is 550 g/mol. The zero-order valence-corrected chi connectivity index (χ0v) is 19.9. The molecule has 0 atom stereocenters. The number of aliphatic imine (C=N–C) groups is 1. The minimum atomic E-state index is -3.22. The predicted molar refractivity (Wildman–Crippen MR) is 120 cm³/mol. The maximum Gasteiger partial charge on any atom is 0.387 e. The molecule has 0 amide bonds. The fourth-order valence-corrected chi connectivity index (χ4v) is 2.75. The molecular formula is C17H29F2IN4O4S. The summed E-state index contributed by atoms with van der Waals surface area (Å²) in [5.41, 5.74) is 0.460. The number of alkyl halides is 2. The average Bonchev–Trinajstić information content (AvgIpc) is 2.60. The lowest BCUT2D eigenvalue weighted by molar-refractivity contribution is -0.0520. The molecule has 0 bridgehead atoms. The molecule has 12 heteroatoms. The molecule has 8 nitrogen and oxygen atoms in total. The van der Waals surface area contributed by atoms with Gasteiger partial charge in [-0.25, -0.2) is 18.1 Å². The first kappa shape index (κ1) is 27.6. The number of guanidine groups is 1. The van der Waals surface area contributed by atoms with Crippen molar-refractivity contribution in [2.24, 2.45) is 4.99 Å². The van der Waals surface area contributed by atoms with Crippen molar-refractivity contribution < 1.29 is 26.7 Å². The number of hydrogen-bond donors (Lipinski definition) is 3. The lowest BCUT2D eigenvalue weighted by Crippen LogP contribution is -2.38. The molecule has 168 valence electrons. The van der Waals surface area contributed by atoms with Gasteiger partial charge in [0.2, 0.25) is 10.0 Å². The summed E-state index contributed by atoms with van der Waals surface area (Å²) >= 11 is 0. The van der Waals surface area contributed by atoms with Crippen LogP contribution >= 0.6 is 24.0 Å². The maximum atomic E-state index is 12.8. The van der Waals surface area contributed by atoms with E-state index in [-0.39, 0.29) is 42.0 Å². The van der Waals surface area contributed by atoms with Crippen LogP contribution in [0.4, 0.5) is 8.78 Å². The van der Waals surface area contributed by atoms with Gasteiger partial charge in [0.1, 0.15) is 0 Å². The number of hydrogen-bond acceptors (Lipinski definition) is 5. The van der Waals surface area contributed by atoms with E-state index in [0.717, 1.165) is 6.26 Å². The van der Waals surface area contributed by atoms with Crippen molar-refractivity contribution in [3.63, 3.8) is 0 Å². The molecule has 0 aliphatic heterocycles. The lowest BCUT2D eigenvalue weighted by Gasteiger charge is -2.15. The van der Waals surface area contributed by atoms with E-state index in [0.29, 0.717) is 44.2 Å². The predicted octanol–water partition coefficient (Wildman–Crippen LogP) is 2.30. The Morgan fingerprint density at radius 1 is 1.21 bits per heavy atom. The molecule has 0 unspecified atom stereocenters. The fourth-order valence-electron chi connectivity index (χ4n) is 2.24. The highest BCUT2D eigenvalue weighted by Gasteiger charge is 2.15. The molecule has 29 heavy (non-hydrogen) atoms. The molecule has 1 aromatic rings. The number of benzene rings is 1. The Morgan fingerprint density at radius 2 is 1.93 bits per heavy atom. The highest BCUT2D eigenvalue weighted by molar-refractivity contribution is 14.0. The molecule has 0 aliphatic rings. The summed E-state index contributed by atoms with van der Waals surface area (Å²) in [6, 6.07) is 4.89. The summed E-state index contributed by atoms with van der Waals surface area (Å²) in [4.78, 5) is 4.37. The molecule has 3 N–H and O–H groups in total. The standard InChI is InChI=1S/C17H28F2N4O4S.HI/c1-4-20-17(21-10-7-11-23-28(3,24)25)22-12-13-8-6-9-14(26-5-2)15(13)27-16(18)19;/h6,8-9,16,23H,4-5,7,10-12H2,1-3H3,(H2,20,21,22);1H. The van der Waals surface area contributed by atoms with Crippen molar-refractivity contribution in [3.05, 3.63) is 23.8 Å². The Bertz CT molecular complexity index is 736. The highest BCUT2D eigenvalue weighted by Crippen LogP contribution is 2.33. The van der Waals surface area contributed by atoms with E-state index in [1.165, 1.54) is 0 Å². The number of rotatable bonds is 12. The van der Waals surface area contributed by atoms with Gasteiger partial charge in [0, 0.05) is 25.2 Å². The van der Waals surface area contributed by atoms with Crippen molar-refractivity contribution in [1.82, 2.24) is 15.4 Å². The number of sulfonamides is 1. The highest BCUT2D eigenvalue weighted by atomic mass is 127. The largest absolute Gasteiger partial charge is 0.490 e. The van der Waals surface area contributed by atoms with Crippen LogP contribution in [0.15, 0.2) is 23.2 Å².